The lowest BCUT2D eigenvalue weighted by Crippen LogP contribution is -2.44. The average Bonchev–Trinajstić information content (AvgIpc) is 2.53. The fourth-order valence-electron chi connectivity index (χ4n) is 2.85. The first-order valence-electron chi connectivity index (χ1n) is 7.06. The number of aryl methyl sites for hydroxylation is 1. The van der Waals surface area contributed by atoms with Gasteiger partial charge in [0.25, 0.3) is 0 Å². The molecule has 8 nitrogen and oxygen atoms in total. The summed E-state index contributed by atoms with van der Waals surface area (Å²) in [6.45, 7) is 1.53. The lowest BCUT2D eigenvalue weighted by atomic mass is 10.1. The number of aromatic carboxylic acids is 1. The molecule has 10 heteroatoms. The van der Waals surface area contributed by atoms with Crippen LogP contribution in [0.5, 0.6) is 0 Å². The highest BCUT2D eigenvalue weighted by atomic mass is 35.5. The van der Waals surface area contributed by atoms with Crippen LogP contribution in [0.1, 0.15) is 29.2 Å². The molecule has 3 rings (SSSR count). The standard InChI is InChI=1S/C14H16N4O4.2ClH/c1-17-10-6-8(14(21)22)7-16-11(10)18(13(20)12(17)19)9-2-4-15-5-3-9;;/h6-7,9,15H,2-5H2,1H3,(H,21,22);2*1H. The zero-order valence-electron chi connectivity index (χ0n) is 12.9. The summed E-state index contributed by atoms with van der Waals surface area (Å²) < 4.78 is 2.58. The summed E-state index contributed by atoms with van der Waals surface area (Å²) in [5.74, 6) is -1.12. The van der Waals surface area contributed by atoms with Crippen molar-refractivity contribution in [2.24, 2.45) is 7.05 Å². The van der Waals surface area contributed by atoms with Crippen LogP contribution in [0.25, 0.3) is 11.2 Å². The summed E-state index contributed by atoms with van der Waals surface area (Å²) in [4.78, 5) is 39.8. The first-order valence-corrected chi connectivity index (χ1v) is 7.06. The minimum absolute atomic E-state index is 0. The molecule has 132 valence electrons. The maximum Gasteiger partial charge on any atom is 0.337 e. The van der Waals surface area contributed by atoms with Crippen molar-refractivity contribution in [1.82, 2.24) is 19.4 Å². The highest BCUT2D eigenvalue weighted by Crippen LogP contribution is 2.20. The molecule has 1 aliphatic heterocycles. The summed E-state index contributed by atoms with van der Waals surface area (Å²) in [7, 11) is 1.45. The third-order valence-corrected chi connectivity index (χ3v) is 4.06. The third-order valence-electron chi connectivity index (χ3n) is 4.06. The van der Waals surface area contributed by atoms with E-state index >= 15 is 0 Å². The number of carboxylic acid groups (broad SMARTS) is 1. The van der Waals surface area contributed by atoms with E-state index in [9.17, 15) is 14.4 Å². The quantitative estimate of drug-likeness (QED) is 0.741. The first-order chi connectivity index (χ1) is 10.5. The Labute approximate surface area is 149 Å². The van der Waals surface area contributed by atoms with Gasteiger partial charge in [0.15, 0.2) is 5.65 Å². The van der Waals surface area contributed by atoms with Crippen LogP contribution in [0.4, 0.5) is 0 Å². The van der Waals surface area contributed by atoms with E-state index in [1.807, 2.05) is 0 Å². The molecule has 1 saturated heterocycles. The molecule has 0 aliphatic carbocycles. The molecule has 24 heavy (non-hydrogen) atoms. The van der Waals surface area contributed by atoms with Gasteiger partial charge in [-0.2, -0.15) is 0 Å². The molecule has 2 N–H and O–H groups in total. The fraction of sp³-hybridized carbons (Fsp3) is 0.429. The summed E-state index contributed by atoms with van der Waals surface area (Å²) in [5, 5.41) is 12.3. The van der Waals surface area contributed by atoms with Crippen molar-refractivity contribution >= 4 is 41.9 Å². The molecule has 2 aromatic rings. The molecular formula is C14H18Cl2N4O4. The van der Waals surface area contributed by atoms with E-state index in [0.717, 1.165) is 30.5 Å². The number of halogens is 2. The summed E-state index contributed by atoms with van der Waals surface area (Å²) in [6.07, 6.45) is 2.67. The summed E-state index contributed by atoms with van der Waals surface area (Å²) in [6, 6.07) is 1.27. The Morgan fingerprint density at radius 2 is 1.88 bits per heavy atom. The van der Waals surface area contributed by atoms with Crippen molar-refractivity contribution in [3.8, 4) is 0 Å². The van der Waals surface area contributed by atoms with E-state index in [2.05, 4.69) is 10.3 Å². The summed E-state index contributed by atoms with van der Waals surface area (Å²) in [5.41, 5.74) is -0.599. The molecule has 0 saturated carbocycles. The molecule has 3 heterocycles. The minimum Gasteiger partial charge on any atom is -0.478 e. The van der Waals surface area contributed by atoms with E-state index in [1.165, 1.54) is 23.9 Å². The predicted octanol–water partition coefficient (Wildman–Crippen LogP) is 0.561. The normalized spacial score (nSPS) is 14.7. The number of hydrogen-bond acceptors (Lipinski definition) is 5. The molecule has 1 fully saturated rings. The van der Waals surface area contributed by atoms with E-state index in [4.69, 9.17) is 5.11 Å². The van der Waals surface area contributed by atoms with Gasteiger partial charge in [0, 0.05) is 19.3 Å². The van der Waals surface area contributed by atoms with Gasteiger partial charge in [-0.05, 0) is 32.0 Å². The number of rotatable bonds is 2. The molecule has 0 aromatic carbocycles. The molecule has 0 unspecified atom stereocenters. The van der Waals surface area contributed by atoms with E-state index in [0.29, 0.717) is 11.2 Å². The van der Waals surface area contributed by atoms with Gasteiger partial charge in [0.05, 0.1) is 11.1 Å². The van der Waals surface area contributed by atoms with Crippen LogP contribution in [0.3, 0.4) is 0 Å². The van der Waals surface area contributed by atoms with Gasteiger partial charge < -0.3 is 15.0 Å². The predicted molar refractivity (Wildman–Crippen MR) is 93.8 cm³/mol. The van der Waals surface area contributed by atoms with Gasteiger partial charge in [-0.3, -0.25) is 14.2 Å². The molecule has 0 radical (unpaired) electrons. The zero-order valence-corrected chi connectivity index (χ0v) is 14.5. The van der Waals surface area contributed by atoms with Gasteiger partial charge in [0.2, 0.25) is 0 Å². The number of hydrogen-bond donors (Lipinski definition) is 2. The Bertz CT molecular complexity index is 871. The maximum atomic E-state index is 12.4. The van der Waals surface area contributed by atoms with Crippen LogP contribution in [-0.2, 0) is 7.05 Å². The Morgan fingerprint density at radius 3 is 2.46 bits per heavy atom. The second-order valence-corrected chi connectivity index (χ2v) is 5.39. The number of piperidine rings is 1. The highest BCUT2D eigenvalue weighted by molar-refractivity contribution is 5.90. The van der Waals surface area contributed by atoms with Gasteiger partial charge in [-0.25, -0.2) is 9.78 Å². The largest absolute Gasteiger partial charge is 0.478 e. The van der Waals surface area contributed by atoms with Crippen molar-refractivity contribution in [1.29, 1.82) is 0 Å². The van der Waals surface area contributed by atoms with E-state index in [-0.39, 0.29) is 36.4 Å². The number of pyridine rings is 1. The van der Waals surface area contributed by atoms with Crippen molar-refractivity contribution in [3.05, 3.63) is 38.5 Å². The Kier molecular flexibility index (Phi) is 6.53. The van der Waals surface area contributed by atoms with Gasteiger partial charge in [-0.15, -0.1) is 24.8 Å². The van der Waals surface area contributed by atoms with Crippen LogP contribution < -0.4 is 16.4 Å². The van der Waals surface area contributed by atoms with Crippen LogP contribution >= 0.6 is 24.8 Å². The SMILES string of the molecule is Cl.Cl.Cn1c(=O)c(=O)n(C2CCNCC2)c2ncc(C(=O)O)cc21. The Hall–Kier alpha value is -1.90. The molecule has 0 bridgehead atoms. The topological polar surface area (TPSA) is 106 Å². The third kappa shape index (κ3) is 3.31. The number of carbonyl (C=O) groups is 1. The zero-order chi connectivity index (χ0) is 15.9. The van der Waals surface area contributed by atoms with Crippen LogP contribution in [0, 0.1) is 0 Å². The van der Waals surface area contributed by atoms with Crippen molar-refractivity contribution in [3.63, 3.8) is 0 Å². The number of fused-ring (bicyclic) bond motifs is 1. The summed E-state index contributed by atoms with van der Waals surface area (Å²) >= 11 is 0. The lowest BCUT2D eigenvalue weighted by molar-refractivity contribution is 0.0696. The Morgan fingerprint density at radius 1 is 1.25 bits per heavy atom. The highest BCUT2D eigenvalue weighted by Gasteiger charge is 2.22. The fourth-order valence-corrected chi connectivity index (χ4v) is 2.85. The maximum absolute atomic E-state index is 12.4. The van der Waals surface area contributed by atoms with E-state index in [1.54, 1.807) is 0 Å². The first kappa shape index (κ1) is 20.1. The smallest absolute Gasteiger partial charge is 0.337 e. The minimum atomic E-state index is -1.12. The van der Waals surface area contributed by atoms with Crippen molar-refractivity contribution < 1.29 is 9.90 Å². The lowest BCUT2D eigenvalue weighted by Gasteiger charge is -2.25. The van der Waals surface area contributed by atoms with Gasteiger partial charge in [0.1, 0.15) is 0 Å². The van der Waals surface area contributed by atoms with Crippen LogP contribution in [0.15, 0.2) is 21.9 Å². The van der Waals surface area contributed by atoms with E-state index < -0.39 is 17.1 Å². The van der Waals surface area contributed by atoms with Crippen molar-refractivity contribution in [2.45, 2.75) is 18.9 Å². The molecule has 0 amide bonds. The monoisotopic (exact) mass is 376 g/mol. The Balaban J connectivity index is 0.00000144. The number of aromatic nitrogens is 3. The second-order valence-electron chi connectivity index (χ2n) is 5.39. The molecular weight excluding hydrogens is 359 g/mol. The second kappa shape index (κ2) is 7.78. The average molecular weight is 377 g/mol. The van der Waals surface area contributed by atoms with Crippen LogP contribution in [0.2, 0.25) is 0 Å². The molecule has 2 aromatic heterocycles. The van der Waals surface area contributed by atoms with Crippen LogP contribution in [-0.4, -0.2) is 38.3 Å². The van der Waals surface area contributed by atoms with Crippen molar-refractivity contribution in [2.75, 3.05) is 13.1 Å². The molecule has 0 spiro atoms. The molecule has 0 atom stereocenters. The van der Waals surface area contributed by atoms with Gasteiger partial charge >= 0.3 is 17.1 Å². The number of nitrogens with one attached hydrogen (secondary N) is 1. The van der Waals surface area contributed by atoms with Gasteiger partial charge in [-0.1, -0.05) is 0 Å². The number of nitrogens with zero attached hydrogens (tertiary/aromatic N) is 3. The molecule has 1 aliphatic rings. The number of carboxylic acids is 1.